The number of benzene rings is 1. The van der Waals surface area contributed by atoms with Crippen molar-refractivity contribution >= 4 is 17.5 Å². The van der Waals surface area contributed by atoms with E-state index in [4.69, 9.17) is 4.74 Å². The highest BCUT2D eigenvalue weighted by atomic mass is 16.5. The number of allylic oxidation sites excluding steroid dienone is 7. The lowest BCUT2D eigenvalue weighted by atomic mass is 9.53. The molecule has 0 N–H and O–H groups in total. The fourth-order valence-electron chi connectivity index (χ4n) is 4.82. The number of ketones is 2. The van der Waals surface area contributed by atoms with Crippen LogP contribution in [0.15, 0.2) is 76.9 Å². The molecule has 0 saturated heterocycles. The maximum atomic E-state index is 13.1. The third-order valence-corrected chi connectivity index (χ3v) is 7.28. The molecular weight excluding hydrogens is 388 g/mol. The fraction of sp³-hybridized carbons (Fsp3) is 0.370. The van der Waals surface area contributed by atoms with E-state index in [0.717, 1.165) is 11.1 Å². The second-order valence-corrected chi connectivity index (χ2v) is 9.61. The number of ether oxygens (including phenoxy) is 1. The molecule has 0 fully saturated rings. The molecule has 4 heteroatoms. The van der Waals surface area contributed by atoms with Gasteiger partial charge in [-0.2, -0.15) is 0 Å². The van der Waals surface area contributed by atoms with Crippen LogP contribution in [0.25, 0.3) is 0 Å². The summed E-state index contributed by atoms with van der Waals surface area (Å²) in [5.74, 6) is -1.21. The topological polar surface area (TPSA) is 60.4 Å². The van der Waals surface area contributed by atoms with Gasteiger partial charge in [0, 0.05) is 28.4 Å². The Morgan fingerprint density at radius 3 is 2.39 bits per heavy atom. The van der Waals surface area contributed by atoms with E-state index in [1.54, 1.807) is 12.1 Å². The van der Waals surface area contributed by atoms with Crippen LogP contribution in [-0.2, 0) is 14.3 Å². The molecule has 0 saturated carbocycles. The van der Waals surface area contributed by atoms with Gasteiger partial charge in [0.15, 0.2) is 0 Å². The van der Waals surface area contributed by atoms with E-state index in [9.17, 15) is 14.4 Å². The summed E-state index contributed by atoms with van der Waals surface area (Å²) < 4.78 is 5.94. The number of esters is 1. The second kappa shape index (κ2) is 7.30. The van der Waals surface area contributed by atoms with Crippen molar-refractivity contribution in [3.05, 3.63) is 82.5 Å². The van der Waals surface area contributed by atoms with Gasteiger partial charge in [0.1, 0.15) is 6.10 Å². The van der Waals surface area contributed by atoms with Crippen LogP contribution in [0.5, 0.6) is 0 Å². The molecule has 3 aliphatic carbocycles. The third-order valence-electron chi connectivity index (χ3n) is 7.28. The van der Waals surface area contributed by atoms with Crippen LogP contribution in [0, 0.1) is 16.7 Å². The van der Waals surface area contributed by atoms with Crippen molar-refractivity contribution in [3.63, 3.8) is 0 Å². The highest BCUT2D eigenvalue weighted by Crippen LogP contribution is 2.57. The SMILES string of the molecule is CC(C)C1=CC2=C(C(=O)C1=O)C1=CC[C@@H](OC(=O)c3ccccc3)C(C)(C)[C@]1(C)C=C2. The zero-order valence-electron chi connectivity index (χ0n) is 18.7. The lowest BCUT2D eigenvalue weighted by Crippen LogP contribution is -2.50. The molecule has 0 aliphatic heterocycles. The lowest BCUT2D eigenvalue weighted by molar-refractivity contribution is -0.132. The quantitative estimate of drug-likeness (QED) is 0.387. The monoisotopic (exact) mass is 416 g/mol. The Morgan fingerprint density at radius 1 is 1.06 bits per heavy atom. The van der Waals surface area contributed by atoms with Gasteiger partial charge >= 0.3 is 5.97 Å². The largest absolute Gasteiger partial charge is 0.458 e. The van der Waals surface area contributed by atoms with Crippen molar-refractivity contribution in [1.29, 1.82) is 0 Å². The maximum Gasteiger partial charge on any atom is 0.338 e. The fourth-order valence-corrected chi connectivity index (χ4v) is 4.82. The van der Waals surface area contributed by atoms with Gasteiger partial charge in [-0.15, -0.1) is 0 Å². The van der Waals surface area contributed by atoms with Gasteiger partial charge in [-0.3, -0.25) is 9.59 Å². The van der Waals surface area contributed by atoms with Crippen molar-refractivity contribution in [2.45, 2.75) is 47.1 Å². The third kappa shape index (κ3) is 3.16. The first-order chi connectivity index (χ1) is 14.6. The van der Waals surface area contributed by atoms with E-state index < -0.39 is 22.4 Å². The molecule has 31 heavy (non-hydrogen) atoms. The Bertz CT molecular complexity index is 1100. The molecule has 3 aliphatic rings. The molecule has 0 unspecified atom stereocenters. The van der Waals surface area contributed by atoms with E-state index in [2.05, 4.69) is 26.8 Å². The first-order valence-electron chi connectivity index (χ1n) is 10.8. The summed E-state index contributed by atoms with van der Waals surface area (Å²) in [6, 6.07) is 8.96. The van der Waals surface area contributed by atoms with Crippen molar-refractivity contribution in [3.8, 4) is 0 Å². The summed E-state index contributed by atoms with van der Waals surface area (Å²) in [6.45, 7) is 10.0. The van der Waals surface area contributed by atoms with E-state index >= 15 is 0 Å². The molecule has 1 aromatic carbocycles. The van der Waals surface area contributed by atoms with Gasteiger partial charge in [-0.25, -0.2) is 4.79 Å². The Kier molecular flexibility index (Phi) is 5.00. The minimum absolute atomic E-state index is 0.00855. The summed E-state index contributed by atoms with van der Waals surface area (Å²) in [6.07, 6.45) is 8.00. The van der Waals surface area contributed by atoms with Crippen LogP contribution in [0.2, 0.25) is 0 Å². The van der Waals surface area contributed by atoms with Crippen molar-refractivity contribution < 1.29 is 19.1 Å². The normalized spacial score (nSPS) is 26.8. The summed E-state index contributed by atoms with van der Waals surface area (Å²) >= 11 is 0. The number of fused-ring (bicyclic) bond motifs is 2. The van der Waals surface area contributed by atoms with E-state index in [1.807, 2.05) is 50.3 Å². The number of carbonyl (C=O) groups is 3. The van der Waals surface area contributed by atoms with Gasteiger partial charge in [0.2, 0.25) is 11.6 Å². The van der Waals surface area contributed by atoms with Crippen molar-refractivity contribution in [2.75, 3.05) is 0 Å². The Labute approximate surface area is 183 Å². The predicted octanol–water partition coefficient (Wildman–Crippen LogP) is 5.18. The highest BCUT2D eigenvalue weighted by Gasteiger charge is 2.54. The van der Waals surface area contributed by atoms with E-state index in [-0.39, 0.29) is 18.0 Å². The van der Waals surface area contributed by atoms with Crippen molar-refractivity contribution in [2.24, 2.45) is 16.7 Å². The Hall–Kier alpha value is -3.01. The molecule has 0 radical (unpaired) electrons. The summed E-state index contributed by atoms with van der Waals surface area (Å²) in [7, 11) is 0. The molecule has 0 spiro atoms. The standard InChI is InChI=1S/C27H28O4/c1-16(2)19-15-18-13-14-27(5)20(22(18)24(29)23(19)28)11-12-21(26(27,3)4)31-25(30)17-9-7-6-8-10-17/h6-11,13-16,21H,12H2,1-5H3/t21-,27-/m1/s1. The average Bonchev–Trinajstić information content (AvgIpc) is 2.73. The number of Topliss-reactive ketones (excluding diaryl/α,β-unsaturated/α-hetero) is 2. The Balaban J connectivity index is 1.73. The maximum absolute atomic E-state index is 13.1. The van der Waals surface area contributed by atoms with Gasteiger partial charge in [-0.05, 0) is 35.3 Å². The van der Waals surface area contributed by atoms with Crippen LogP contribution in [0.3, 0.4) is 0 Å². The Morgan fingerprint density at radius 2 is 1.74 bits per heavy atom. The minimum Gasteiger partial charge on any atom is -0.458 e. The molecular formula is C27H28O4. The number of rotatable bonds is 3. The second-order valence-electron chi connectivity index (χ2n) is 9.61. The zero-order chi connectivity index (χ0) is 22.6. The van der Waals surface area contributed by atoms with Crippen LogP contribution < -0.4 is 0 Å². The molecule has 160 valence electrons. The molecule has 4 nitrogen and oxygen atoms in total. The number of hydrogen-bond acceptors (Lipinski definition) is 4. The molecule has 2 atom stereocenters. The van der Waals surface area contributed by atoms with E-state index in [1.165, 1.54) is 0 Å². The lowest BCUT2D eigenvalue weighted by Gasteiger charge is -2.52. The molecule has 0 amide bonds. The van der Waals surface area contributed by atoms with Gasteiger partial charge in [-0.1, -0.05) is 71.0 Å². The molecule has 1 aromatic rings. The molecule has 0 bridgehead atoms. The summed E-state index contributed by atoms with van der Waals surface area (Å²) in [5.41, 5.74) is 2.20. The van der Waals surface area contributed by atoms with Crippen LogP contribution in [0.1, 0.15) is 51.4 Å². The first kappa shape index (κ1) is 21.2. The smallest absolute Gasteiger partial charge is 0.338 e. The highest BCUT2D eigenvalue weighted by molar-refractivity contribution is 6.51. The van der Waals surface area contributed by atoms with E-state index in [0.29, 0.717) is 23.1 Å². The summed E-state index contributed by atoms with van der Waals surface area (Å²) in [4.78, 5) is 38.6. The van der Waals surface area contributed by atoms with Crippen LogP contribution in [0.4, 0.5) is 0 Å². The predicted molar refractivity (Wildman–Crippen MR) is 119 cm³/mol. The van der Waals surface area contributed by atoms with Crippen LogP contribution in [-0.4, -0.2) is 23.6 Å². The van der Waals surface area contributed by atoms with Crippen LogP contribution >= 0.6 is 0 Å². The molecule has 0 heterocycles. The van der Waals surface area contributed by atoms with Gasteiger partial charge in [0.25, 0.3) is 0 Å². The molecule has 0 aromatic heterocycles. The molecule has 4 rings (SSSR count). The number of carbonyl (C=O) groups excluding carboxylic acids is 3. The number of hydrogen-bond donors (Lipinski definition) is 0. The average molecular weight is 417 g/mol. The van der Waals surface area contributed by atoms with Gasteiger partial charge in [0.05, 0.1) is 5.56 Å². The van der Waals surface area contributed by atoms with Crippen molar-refractivity contribution in [1.82, 2.24) is 0 Å². The zero-order valence-corrected chi connectivity index (χ0v) is 18.7. The van der Waals surface area contributed by atoms with Gasteiger partial charge < -0.3 is 4.74 Å². The minimum atomic E-state index is -0.551. The first-order valence-corrected chi connectivity index (χ1v) is 10.8. The summed E-state index contributed by atoms with van der Waals surface area (Å²) in [5, 5.41) is 0.